The van der Waals surface area contributed by atoms with Crippen molar-refractivity contribution < 1.29 is 22.7 Å². The van der Waals surface area contributed by atoms with Gasteiger partial charge in [0.2, 0.25) is 5.88 Å². The molecule has 20 heavy (non-hydrogen) atoms. The molecule has 0 N–H and O–H groups in total. The number of aldehydes is 1. The molecule has 0 atom stereocenters. The van der Waals surface area contributed by atoms with Crippen LogP contribution in [0, 0.1) is 0 Å². The minimum atomic E-state index is -4.43. The SMILES string of the molecule is O=Cc1cccc(COc2cc(C(F)(F)F)ccn2)c1. The largest absolute Gasteiger partial charge is 0.473 e. The van der Waals surface area contributed by atoms with Crippen molar-refractivity contribution in [2.24, 2.45) is 0 Å². The Balaban J connectivity index is 2.09. The maximum Gasteiger partial charge on any atom is 0.416 e. The standard InChI is InChI=1S/C14H10F3NO2/c15-14(16,17)12-4-5-18-13(7-12)20-9-11-3-1-2-10(6-11)8-19/h1-8H,9H2. The van der Waals surface area contributed by atoms with Crippen molar-refractivity contribution in [3.8, 4) is 5.88 Å². The Kier molecular flexibility index (Phi) is 4.02. The van der Waals surface area contributed by atoms with Crippen molar-refractivity contribution in [1.29, 1.82) is 0 Å². The fourth-order valence-corrected chi connectivity index (χ4v) is 1.58. The predicted molar refractivity (Wildman–Crippen MR) is 65.4 cm³/mol. The third-order valence-electron chi connectivity index (χ3n) is 2.54. The normalized spacial score (nSPS) is 11.2. The number of ether oxygens (including phenoxy) is 1. The molecule has 0 unspecified atom stereocenters. The number of hydrogen-bond acceptors (Lipinski definition) is 3. The average Bonchev–Trinajstić information content (AvgIpc) is 2.45. The molecule has 0 aliphatic heterocycles. The summed E-state index contributed by atoms with van der Waals surface area (Å²) in [4.78, 5) is 14.3. The second-order valence-corrected chi connectivity index (χ2v) is 4.03. The Morgan fingerprint density at radius 2 is 2.00 bits per heavy atom. The van der Waals surface area contributed by atoms with E-state index in [9.17, 15) is 18.0 Å². The minimum absolute atomic E-state index is 0.0377. The van der Waals surface area contributed by atoms with Crippen LogP contribution in [0.2, 0.25) is 0 Å². The molecule has 2 aromatic rings. The minimum Gasteiger partial charge on any atom is -0.473 e. The van der Waals surface area contributed by atoms with Gasteiger partial charge in [-0.15, -0.1) is 0 Å². The highest BCUT2D eigenvalue weighted by Crippen LogP contribution is 2.30. The number of aromatic nitrogens is 1. The smallest absolute Gasteiger partial charge is 0.416 e. The molecule has 1 aromatic carbocycles. The van der Waals surface area contributed by atoms with Crippen LogP contribution in [0.25, 0.3) is 0 Å². The van der Waals surface area contributed by atoms with E-state index in [2.05, 4.69) is 4.98 Å². The molecule has 2 rings (SSSR count). The molecule has 104 valence electrons. The van der Waals surface area contributed by atoms with Gasteiger partial charge in [0.05, 0.1) is 5.56 Å². The summed E-state index contributed by atoms with van der Waals surface area (Å²) in [6.07, 6.45) is -2.70. The van der Waals surface area contributed by atoms with E-state index in [4.69, 9.17) is 4.74 Å². The van der Waals surface area contributed by atoms with Gasteiger partial charge in [-0.25, -0.2) is 4.98 Å². The maximum atomic E-state index is 12.5. The molecule has 0 fully saturated rings. The summed E-state index contributed by atoms with van der Waals surface area (Å²) >= 11 is 0. The lowest BCUT2D eigenvalue weighted by atomic mass is 10.1. The van der Waals surface area contributed by atoms with Crippen molar-refractivity contribution in [2.75, 3.05) is 0 Å². The Hall–Kier alpha value is -2.37. The number of hydrogen-bond donors (Lipinski definition) is 0. The van der Waals surface area contributed by atoms with Crippen LogP contribution in [0.15, 0.2) is 42.6 Å². The highest BCUT2D eigenvalue weighted by atomic mass is 19.4. The van der Waals surface area contributed by atoms with Crippen LogP contribution in [-0.4, -0.2) is 11.3 Å². The van der Waals surface area contributed by atoms with E-state index in [1.807, 2.05) is 0 Å². The number of nitrogens with zero attached hydrogens (tertiary/aromatic N) is 1. The lowest BCUT2D eigenvalue weighted by Gasteiger charge is -2.09. The fraction of sp³-hybridized carbons (Fsp3) is 0.143. The van der Waals surface area contributed by atoms with Crippen molar-refractivity contribution in [3.05, 3.63) is 59.3 Å². The van der Waals surface area contributed by atoms with Gasteiger partial charge in [0.25, 0.3) is 0 Å². The summed E-state index contributed by atoms with van der Waals surface area (Å²) in [7, 11) is 0. The zero-order valence-electron chi connectivity index (χ0n) is 10.2. The summed E-state index contributed by atoms with van der Waals surface area (Å²) in [5, 5.41) is 0. The number of rotatable bonds is 4. The third kappa shape index (κ3) is 3.57. The van der Waals surface area contributed by atoms with Crippen LogP contribution in [0.5, 0.6) is 5.88 Å². The summed E-state index contributed by atoms with van der Waals surface area (Å²) < 4.78 is 42.7. The molecule has 1 heterocycles. The number of alkyl halides is 3. The first-order valence-electron chi connectivity index (χ1n) is 5.69. The van der Waals surface area contributed by atoms with E-state index in [0.29, 0.717) is 17.4 Å². The van der Waals surface area contributed by atoms with Gasteiger partial charge in [-0.3, -0.25) is 4.79 Å². The van der Waals surface area contributed by atoms with Gasteiger partial charge in [0.15, 0.2) is 0 Å². The highest BCUT2D eigenvalue weighted by molar-refractivity contribution is 5.74. The zero-order valence-corrected chi connectivity index (χ0v) is 10.2. The molecule has 1 aromatic heterocycles. The molecule has 0 radical (unpaired) electrons. The summed E-state index contributed by atoms with van der Waals surface area (Å²) in [5.74, 6) is -0.115. The van der Waals surface area contributed by atoms with Crippen LogP contribution >= 0.6 is 0 Å². The van der Waals surface area contributed by atoms with E-state index < -0.39 is 11.7 Å². The molecule has 6 heteroatoms. The molecule has 0 aliphatic carbocycles. The van der Waals surface area contributed by atoms with Crippen LogP contribution in [0.4, 0.5) is 13.2 Å². The molecular weight excluding hydrogens is 271 g/mol. The first-order valence-corrected chi connectivity index (χ1v) is 5.69. The van der Waals surface area contributed by atoms with Gasteiger partial charge in [0, 0.05) is 17.8 Å². The number of carbonyl (C=O) groups excluding carboxylic acids is 1. The van der Waals surface area contributed by atoms with Gasteiger partial charge >= 0.3 is 6.18 Å². The molecule has 0 amide bonds. The quantitative estimate of drug-likeness (QED) is 0.805. The van der Waals surface area contributed by atoms with E-state index in [0.717, 1.165) is 18.3 Å². The van der Waals surface area contributed by atoms with Gasteiger partial charge in [-0.1, -0.05) is 18.2 Å². The molecule has 0 saturated carbocycles. The Bertz CT molecular complexity index is 611. The van der Waals surface area contributed by atoms with E-state index in [1.165, 1.54) is 0 Å². The van der Waals surface area contributed by atoms with Crippen molar-refractivity contribution in [3.63, 3.8) is 0 Å². The number of benzene rings is 1. The molecule has 3 nitrogen and oxygen atoms in total. The first-order chi connectivity index (χ1) is 9.49. The predicted octanol–water partition coefficient (Wildman–Crippen LogP) is 3.49. The van der Waals surface area contributed by atoms with E-state index in [-0.39, 0.29) is 12.5 Å². The van der Waals surface area contributed by atoms with Crippen molar-refractivity contribution in [2.45, 2.75) is 12.8 Å². The summed E-state index contributed by atoms with van der Waals surface area (Å²) in [5.41, 5.74) is 0.334. The maximum absolute atomic E-state index is 12.5. The van der Waals surface area contributed by atoms with E-state index >= 15 is 0 Å². The van der Waals surface area contributed by atoms with Crippen molar-refractivity contribution >= 4 is 6.29 Å². The highest BCUT2D eigenvalue weighted by Gasteiger charge is 2.30. The second-order valence-electron chi connectivity index (χ2n) is 4.03. The molecular formula is C14H10F3NO2. The Morgan fingerprint density at radius 3 is 2.70 bits per heavy atom. The summed E-state index contributed by atoms with van der Waals surface area (Å²) in [6.45, 7) is 0.0377. The second kappa shape index (κ2) is 5.73. The number of carbonyl (C=O) groups is 1. The average molecular weight is 281 g/mol. The topological polar surface area (TPSA) is 39.2 Å². The number of pyridine rings is 1. The lowest BCUT2D eigenvalue weighted by Crippen LogP contribution is -2.06. The fourth-order valence-electron chi connectivity index (χ4n) is 1.58. The van der Waals surface area contributed by atoms with Gasteiger partial charge in [-0.05, 0) is 17.7 Å². The van der Waals surface area contributed by atoms with Gasteiger partial charge in [0.1, 0.15) is 12.9 Å². The van der Waals surface area contributed by atoms with Crippen LogP contribution in [0.1, 0.15) is 21.5 Å². The van der Waals surface area contributed by atoms with Crippen LogP contribution < -0.4 is 4.74 Å². The zero-order chi connectivity index (χ0) is 14.6. The van der Waals surface area contributed by atoms with Crippen molar-refractivity contribution in [1.82, 2.24) is 4.98 Å². The molecule has 0 spiro atoms. The lowest BCUT2D eigenvalue weighted by molar-refractivity contribution is -0.137. The first kappa shape index (κ1) is 14.0. The Morgan fingerprint density at radius 1 is 1.20 bits per heavy atom. The van der Waals surface area contributed by atoms with Gasteiger partial charge < -0.3 is 4.74 Å². The van der Waals surface area contributed by atoms with E-state index in [1.54, 1.807) is 24.3 Å². The van der Waals surface area contributed by atoms with Crippen LogP contribution in [0.3, 0.4) is 0 Å². The van der Waals surface area contributed by atoms with Gasteiger partial charge in [-0.2, -0.15) is 13.2 Å². The Labute approximate surface area is 113 Å². The monoisotopic (exact) mass is 281 g/mol. The number of halogens is 3. The third-order valence-corrected chi connectivity index (χ3v) is 2.54. The molecule has 0 saturated heterocycles. The molecule has 0 bridgehead atoms. The molecule has 0 aliphatic rings. The van der Waals surface area contributed by atoms with Crippen LogP contribution in [-0.2, 0) is 12.8 Å². The summed E-state index contributed by atoms with van der Waals surface area (Å²) in [6, 6.07) is 8.31.